The minimum atomic E-state index is 0.517. The number of nitrogens with zero attached hydrogens (tertiary/aromatic N) is 2. The van der Waals surface area contributed by atoms with Crippen LogP contribution in [0.25, 0.3) is 11.3 Å². The molecule has 3 nitrogen and oxygen atoms in total. The molecule has 18 heavy (non-hydrogen) atoms. The van der Waals surface area contributed by atoms with Crippen LogP contribution in [-0.4, -0.2) is 22.1 Å². The van der Waals surface area contributed by atoms with Crippen LogP contribution in [0.15, 0.2) is 41.3 Å². The van der Waals surface area contributed by atoms with E-state index in [1.165, 1.54) is 5.56 Å². The molecule has 0 saturated heterocycles. The summed E-state index contributed by atoms with van der Waals surface area (Å²) < 4.78 is 3.27. The van der Waals surface area contributed by atoms with Gasteiger partial charge in [0.05, 0.1) is 18.2 Å². The molecule has 4 heteroatoms. The molecule has 0 radical (unpaired) electrons. The zero-order valence-corrected chi connectivity index (χ0v) is 12.3. The number of imidazole rings is 1. The summed E-state index contributed by atoms with van der Waals surface area (Å²) in [5.41, 5.74) is 2.34. The van der Waals surface area contributed by atoms with Crippen molar-refractivity contribution >= 4 is 15.9 Å². The number of nitrogens with one attached hydrogen (secondary N) is 1. The molecule has 0 fully saturated rings. The number of hydrogen-bond acceptors (Lipinski definition) is 2. The van der Waals surface area contributed by atoms with Gasteiger partial charge in [0.15, 0.2) is 0 Å². The fourth-order valence-corrected chi connectivity index (χ4v) is 2.26. The van der Waals surface area contributed by atoms with Crippen molar-refractivity contribution in [2.24, 2.45) is 0 Å². The van der Waals surface area contributed by atoms with Gasteiger partial charge >= 0.3 is 0 Å². The summed E-state index contributed by atoms with van der Waals surface area (Å²) >= 11 is 3.50. The van der Waals surface area contributed by atoms with E-state index in [0.29, 0.717) is 6.04 Å². The first-order chi connectivity index (χ1) is 8.66. The van der Waals surface area contributed by atoms with Crippen LogP contribution in [0.3, 0.4) is 0 Å². The van der Waals surface area contributed by atoms with E-state index in [9.17, 15) is 0 Å². The highest BCUT2D eigenvalue weighted by molar-refractivity contribution is 9.10. The average Bonchev–Trinajstić information content (AvgIpc) is 2.77. The number of rotatable bonds is 5. The minimum Gasteiger partial charge on any atom is -0.329 e. The second-order valence-corrected chi connectivity index (χ2v) is 5.51. The Hall–Kier alpha value is -1.13. The van der Waals surface area contributed by atoms with Gasteiger partial charge in [-0.05, 0) is 12.1 Å². The molecular weight excluding hydrogens is 290 g/mol. The highest BCUT2D eigenvalue weighted by atomic mass is 79.9. The van der Waals surface area contributed by atoms with E-state index in [2.05, 4.69) is 56.8 Å². The topological polar surface area (TPSA) is 29.9 Å². The van der Waals surface area contributed by atoms with E-state index in [-0.39, 0.29) is 0 Å². The van der Waals surface area contributed by atoms with Gasteiger partial charge in [-0.2, -0.15) is 0 Å². The molecular formula is C14H18BrN3. The first-order valence-corrected chi connectivity index (χ1v) is 6.95. The summed E-state index contributed by atoms with van der Waals surface area (Å²) in [4.78, 5) is 4.25. The van der Waals surface area contributed by atoms with Crippen molar-refractivity contribution < 1.29 is 0 Å². The van der Waals surface area contributed by atoms with Crippen LogP contribution in [-0.2, 0) is 6.54 Å². The SMILES string of the molecule is CC(C)NCCn1cncc1-c1cccc(Br)c1. The lowest BCUT2D eigenvalue weighted by molar-refractivity contribution is 0.543. The van der Waals surface area contributed by atoms with Gasteiger partial charge in [0, 0.05) is 29.2 Å². The van der Waals surface area contributed by atoms with Crippen LogP contribution in [0.2, 0.25) is 0 Å². The van der Waals surface area contributed by atoms with Gasteiger partial charge in [-0.1, -0.05) is 41.9 Å². The quantitative estimate of drug-likeness (QED) is 0.918. The molecule has 0 aliphatic carbocycles. The summed E-state index contributed by atoms with van der Waals surface area (Å²) in [5.74, 6) is 0. The molecule has 0 unspecified atom stereocenters. The van der Waals surface area contributed by atoms with Gasteiger partial charge in [-0.15, -0.1) is 0 Å². The van der Waals surface area contributed by atoms with Gasteiger partial charge in [0.25, 0.3) is 0 Å². The molecule has 1 aromatic heterocycles. The average molecular weight is 308 g/mol. The fourth-order valence-electron chi connectivity index (χ4n) is 1.86. The standard InChI is InChI=1S/C14H18BrN3/c1-11(2)17-6-7-18-10-16-9-14(18)12-4-3-5-13(15)8-12/h3-5,8-11,17H,6-7H2,1-2H3. The first-order valence-electron chi connectivity index (χ1n) is 6.16. The van der Waals surface area contributed by atoms with Crippen LogP contribution in [0.5, 0.6) is 0 Å². The van der Waals surface area contributed by atoms with Gasteiger partial charge < -0.3 is 9.88 Å². The van der Waals surface area contributed by atoms with Crippen LogP contribution in [0.1, 0.15) is 13.8 Å². The monoisotopic (exact) mass is 307 g/mol. The second-order valence-electron chi connectivity index (χ2n) is 4.59. The maximum atomic E-state index is 4.25. The lowest BCUT2D eigenvalue weighted by Crippen LogP contribution is -2.26. The molecule has 0 aliphatic heterocycles. The lowest BCUT2D eigenvalue weighted by Gasteiger charge is -2.11. The molecule has 0 amide bonds. The van der Waals surface area contributed by atoms with Crippen molar-refractivity contribution in [3.63, 3.8) is 0 Å². The Labute approximate surface area is 116 Å². The van der Waals surface area contributed by atoms with E-state index >= 15 is 0 Å². The summed E-state index contributed by atoms with van der Waals surface area (Å²) in [6, 6.07) is 8.81. The maximum absolute atomic E-state index is 4.25. The predicted octanol–water partition coefficient (Wildman–Crippen LogP) is 3.31. The van der Waals surface area contributed by atoms with E-state index in [4.69, 9.17) is 0 Å². The molecule has 2 aromatic rings. The lowest BCUT2D eigenvalue weighted by atomic mass is 10.2. The summed E-state index contributed by atoms with van der Waals surface area (Å²) in [7, 11) is 0. The third-order valence-corrected chi connectivity index (χ3v) is 3.23. The van der Waals surface area contributed by atoms with Gasteiger partial charge in [0.1, 0.15) is 0 Å². The van der Waals surface area contributed by atoms with Crippen molar-refractivity contribution in [3.05, 3.63) is 41.3 Å². The molecule has 0 spiro atoms. The highest BCUT2D eigenvalue weighted by Crippen LogP contribution is 2.22. The van der Waals surface area contributed by atoms with E-state index < -0.39 is 0 Å². The normalized spacial score (nSPS) is 11.1. The number of benzene rings is 1. The van der Waals surface area contributed by atoms with Gasteiger partial charge in [-0.3, -0.25) is 0 Å². The highest BCUT2D eigenvalue weighted by Gasteiger charge is 2.05. The Kier molecular flexibility index (Phi) is 4.55. The van der Waals surface area contributed by atoms with Crippen molar-refractivity contribution in [2.45, 2.75) is 26.4 Å². The molecule has 96 valence electrons. The predicted molar refractivity (Wildman–Crippen MR) is 78.5 cm³/mol. The van der Waals surface area contributed by atoms with Crippen molar-refractivity contribution in [1.29, 1.82) is 0 Å². The molecule has 0 atom stereocenters. The molecule has 0 bridgehead atoms. The van der Waals surface area contributed by atoms with Crippen LogP contribution < -0.4 is 5.32 Å². The Morgan fingerprint density at radius 2 is 2.22 bits per heavy atom. The summed E-state index contributed by atoms with van der Waals surface area (Å²) in [5, 5.41) is 3.42. The van der Waals surface area contributed by atoms with Gasteiger partial charge in [-0.25, -0.2) is 4.98 Å². The van der Waals surface area contributed by atoms with Crippen molar-refractivity contribution in [1.82, 2.24) is 14.9 Å². The zero-order chi connectivity index (χ0) is 13.0. The zero-order valence-electron chi connectivity index (χ0n) is 10.7. The Balaban J connectivity index is 2.12. The molecule has 1 N–H and O–H groups in total. The van der Waals surface area contributed by atoms with E-state index in [1.54, 1.807) is 0 Å². The van der Waals surface area contributed by atoms with Gasteiger partial charge in [0.2, 0.25) is 0 Å². The molecule has 0 saturated carbocycles. The number of halogens is 1. The largest absolute Gasteiger partial charge is 0.329 e. The smallest absolute Gasteiger partial charge is 0.0951 e. The van der Waals surface area contributed by atoms with Crippen LogP contribution >= 0.6 is 15.9 Å². The maximum Gasteiger partial charge on any atom is 0.0951 e. The third-order valence-electron chi connectivity index (χ3n) is 2.74. The van der Waals surface area contributed by atoms with Crippen molar-refractivity contribution in [3.8, 4) is 11.3 Å². The van der Waals surface area contributed by atoms with E-state index in [0.717, 1.165) is 23.3 Å². The Bertz CT molecular complexity index is 505. The van der Waals surface area contributed by atoms with Crippen LogP contribution in [0, 0.1) is 0 Å². The minimum absolute atomic E-state index is 0.517. The molecule has 0 aliphatic rings. The second kappa shape index (κ2) is 6.16. The Morgan fingerprint density at radius 1 is 1.39 bits per heavy atom. The summed E-state index contributed by atoms with van der Waals surface area (Å²) in [6.45, 7) is 6.20. The van der Waals surface area contributed by atoms with E-state index in [1.807, 2.05) is 24.7 Å². The molecule has 1 aromatic carbocycles. The van der Waals surface area contributed by atoms with Crippen LogP contribution in [0.4, 0.5) is 0 Å². The fraction of sp³-hybridized carbons (Fsp3) is 0.357. The molecule has 2 rings (SSSR count). The Morgan fingerprint density at radius 3 is 2.94 bits per heavy atom. The first kappa shape index (κ1) is 13.3. The number of hydrogen-bond donors (Lipinski definition) is 1. The molecule has 1 heterocycles. The third kappa shape index (κ3) is 3.43. The summed E-state index contributed by atoms with van der Waals surface area (Å²) in [6.07, 6.45) is 3.80. The van der Waals surface area contributed by atoms with Crippen molar-refractivity contribution in [2.75, 3.05) is 6.54 Å². The number of aromatic nitrogens is 2.